The zero-order chi connectivity index (χ0) is 16.2. The van der Waals surface area contributed by atoms with Gasteiger partial charge in [-0.15, -0.1) is 0 Å². The summed E-state index contributed by atoms with van der Waals surface area (Å²) in [5.41, 5.74) is 0. The lowest BCUT2D eigenvalue weighted by Crippen LogP contribution is -2.49. The van der Waals surface area contributed by atoms with Gasteiger partial charge in [0.15, 0.2) is 17.6 Å². The van der Waals surface area contributed by atoms with Gasteiger partial charge < -0.3 is 24.8 Å². The molecule has 1 saturated heterocycles. The molecule has 2 N–H and O–H groups in total. The number of likely N-dealkylation sites (tertiary alicyclic amines) is 1. The van der Waals surface area contributed by atoms with Crippen molar-refractivity contribution >= 4 is 12.0 Å². The Morgan fingerprint density at radius 3 is 2.61 bits per heavy atom. The van der Waals surface area contributed by atoms with Gasteiger partial charge in [-0.1, -0.05) is 12.1 Å². The van der Waals surface area contributed by atoms with Gasteiger partial charge in [0, 0.05) is 13.1 Å². The highest BCUT2D eigenvalue weighted by molar-refractivity contribution is 5.75. The first-order valence-electron chi connectivity index (χ1n) is 7.77. The molecule has 1 aromatic rings. The summed E-state index contributed by atoms with van der Waals surface area (Å²) < 4.78 is 11.4. The zero-order valence-electron chi connectivity index (χ0n) is 12.7. The number of urea groups is 1. The van der Waals surface area contributed by atoms with Gasteiger partial charge in [-0.2, -0.15) is 0 Å². The van der Waals surface area contributed by atoms with E-state index in [0.717, 1.165) is 0 Å². The molecule has 0 saturated carbocycles. The standard InChI is InChI=1S/C16H20N2O5/c19-15(20)11-5-7-18(8-6-11)16(21)17-9-12-10-22-13-3-1-2-4-14(13)23-12/h1-4,11-12H,5-10H2,(H,17,21)(H,19,20). The summed E-state index contributed by atoms with van der Waals surface area (Å²) in [4.78, 5) is 24.7. The summed E-state index contributed by atoms with van der Waals surface area (Å²) >= 11 is 0. The average Bonchev–Trinajstić information content (AvgIpc) is 2.59. The summed E-state index contributed by atoms with van der Waals surface area (Å²) in [6.07, 6.45) is 0.767. The third kappa shape index (κ3) is 3.67. The highest BCUT2D eigenvalue weighted by Gasteiger charge is 2.28. The molecule has 0 spiro atoms. The molecular weight excluding hydrogens is 300 g/mol. The number of piperidine rings is 1. The van der Waals surface area contributed by atoms with Crippen molar-refractivity contribution in [3.63, 3.8) is 0 Å². The van der Waals surface area contributed by atoms with E-state index in [9.17, 15) is 9.59 Å². The van der Waals surface area contributed by atoms with Crippen molar-refractivity contribution in [1.82, 2.24) is 10.2 Å². The van der Waals surface area contributed by atoms with Crippen molar-refractivity contribution in [3.8, 4) is 11.5 Å². The molecule has 3 rings (SSSR count). The minimum Gasteiger partial charge on any atom is -0.486 e. The first-order valence-corrected chi connectivity index (χ1v) is 7.77. The number of carboxylic acid groups (broad SMARTS) is 1. The van der Waals surface area contributed by atoms with Crippen LogP contribution >= 0.6 is 0 Å². The van der Waals surface area contributed by atoms with Gasteiger partial charge in [0.25, 0.3) is 0 Å². The highest BCUT2D eigenvalue weighted by atomic mass is 16.6. The number of hydrogen-bond acceptors (Lipinski definition) is 4. The second kappa shape index (κ2) is 6.76. The van der Waals surface area contributed by atoms with Crippen LogP contribution < -0.4 is 14.8 Å². The Labute approximate surface area is 134 Å². The second-order valence-electron chi connectivity index (χ2n) is 5.78. The second-order valence-corrected chi connectivity index (χ2v) is 5.78. The number of carbonyl (C=O) groups is 2. The van der Waals surface area contributed by atoms with Crippen molar-refractivity contribution in [2.45, 2.75) is 18.9 Å². The van der Waals surface area contributed by atoms with Crippen LogP contribution in [0, 0.1) is 5.92 Å². The molecule has 7 nitrogen and oxygen atoms in total. The Kier molecular flexibility index (Phi) is 4.55. The maximum atomic E-state index is 12.1. The van der Waals surface area contributed by atoms with Crippen molar-refractivity contribution in [1.29, 1.82) is 0 Å². The maximum Gasteiger partial charge on any atom is 0.317 e. The number of hydrogen-bond donors (Lipinski definition) is 2. The molecule has 2 aliphatic rings. The number of ether oxygens (including phenoxy) is 2. The topological polar surface area (TPSA) is 88.1 Å². The molecule has 0 aliphatic carbocycles. The Morgan fingerprint density at radius 1 is 1.22 bits per heavy atom. The fraction of sp³-hybridized carbons (Fsp3) is 0.500. The maximum absolute atomic E-state index is 12.1. The molecule has 7 heteroatoms. The minimum atomic E-state index is -0.781. The van der Waals surface area contributed by atoms with E-state index in [-0.39, 0.29) is 18.1 Å². The van der Waals surface area contributed by atoms with Crippen LogP contribution in [0.5, 0.6) is 11.5 Å². The van der Waals surface area contributed by atoms with Crippen LogP contribution in [0.15, 0.2) is 24.3 Å². The molecule has 0 aromatic heterocycles. The first kappa shape index (κ1) is 15.5. The van der Waals surface area contributed by atoms with E-state index in [1.165, 1.54) is 0 Å². The van der Waals surface area contributed by atoms with Gasteiger partial charge in [0.1, 0.15) is 6.61 Å². The molecule has 2 aliphatic heterocycles. The number of carbonyl (C=O) groups excluding carboxylic acids is 1. The summed E-state index contributed by atoms with van der Waals surface area (Å²) in [5.74, 6) is 0.271. The van der Waals surface area contributed by atoms with Gasteiger partial charge in [-0.3, -0.25) is 4.79 Å². The number of aliphatic carboxylic acids is 1. The summed E-state index contributed by atoms with van der Waals surface area (Å²) in [6, 6.07) is 7.24. The fourth-order valence-corrected chi connectivity index (χ4v) is 2.81. The molecule has 1 unspecified atom stereocenters. The summed E-state index contributed by atoms with van der Waals surface area (Å²) in [6.45, 7) is 1.67. The first-order chi connectivity index (χ1) is 11.1. The third-order valence-corrected chi connectivity index (χ3v) is 4.18. The lowest BCUT2D eigenvalue weighted by Gasteiger charge is -2.31. The molecule has 0 bridgehead atoms. The number of benzene rings is 1. The van der Waals surface area contributed by atoms with E-state index >= 15 is 0 Å². The number of nitrogens with one attached hydrogen (secondary N) is 1. The largest absolute Gasteiger partial charge is 0.486 e. The van der Waals surface area contributed by atoms with Crippen LogP contribution in [0.1, 0.15) is 12.8 Å². The molecule has 0 radical (unpaired) electrons. The molecule has 23 heavy (non-hydrogen) atoms. The van der Waals surface area contributed by atoms with E-state index < -0.39 is 5.97 Å². The number of amides is 2. The van der Waals surface area contributed by atoms with E-state index in [0.29, 0.717) is 50.6 Å². The highest BCUT2D eigenvalue weighted by Crippen LogP contribution is 2.30. The van der Waals surface area contributed by atoms with Gasteiger partial charge in [-0.05, 0) is 25.0 Å². The third-order valence-electron chi connectivity index (χ3n) is 4.18. The average molecular weight is 320 g/mol. The number of fused-ring (bicyclic) bond motifs is 1. The fourth-order valence-electron chi connectivity index (χ4n) is 2.81. The van der Waals surface area contributed by atoms with Crippen LogP contribution in [-0.2, 0) is 4.79 Å². The molecular formula is C16H20N2O5. The van der Waals surface area contributed by atoms with Crippen molar-refractivity contribution in [2.24, 2.45) is 5.92 Å². The Bertz CT molecular complexity index is 584. The Morgan fingerprint density at radius 2 is 1.91 bits per heavy atom. The van der Waals surface area contributed by atoms with Crippen LogP contribution in [-0.4, -0.2) is 54.4 Å². The SMILES string of the molecule is O=C(O)C1CCN(C(=O)NCC2COc3ccccc3O2)CC1. The predicted molar refractivity (Wildman–Crippen MR) is 81.7 cm³/mol. The lowest BCUT2D eigenvalue weighted by molar-refractivity contribution is -0.143. The van der Waals surface area contributed by atoms with E-state index in [1.54, 1.807) is 4.90 Å². The van der Waals surface area contributed by atoms with Crippen molar-refractivity contribution in [3.05, 3.63) is 24.3 Å². The molecule has 2 amide bonds. The Balaban J connectivity index is 1.44. The molecule has 1 aromatic carbocycles. The van der Waals surface area contributed by atoms with Crippen LogP contribution in [0.2, 0.25) is 0 Å². The van der Waals surface area contributed by atoms with Gasteiger partial charge in [-0.25, -0.2) is 4.79 Å². The number of carboxylic acids is 1. The summed E-state index contributed by atoms with van der Waals surface area (Å²) in [7, 11) is 0. The van der Waals surface area contributed by atoms with E-state index in [1.807, 2.05) is 24.3 Å². The quantitative estimate of drug-likeness (QED) is 0.877. The number of rotatable bonds is 3. The normalized spacial score (nSPS) is 20.9. The van der Waals surface area contributed by atoms with E-state index in [2.05, 4.69) is 5.32 Å². The minimum absolute atomic E-state index is 0.184. The van der Waals surface area contributed by atoms with Crippen LogP contribution in [0.25, 0.3) is 0 Å². The lowest BCUT2D eigenvalue weighted by atomic mass is 9.97. The molecule has 2 heterocycles. The monoisotopic (exact) mass is 320 g/mol. The summed E-state index contributed by atoms with van der Waals surface area (Å²) in [5, 5.41) is 11.8. The predicted octanol–water partition coefficient (Wildman–Crippen LogP) is 1.33. The molecule has 1 atom stereocenters. The molecule has 124 valence electrons. The van der Waals surface area contributed by atoms with E-state index in [4.69, 9.17) is 14.6 Å². The van der Waals surface area contributed by atoms with Gasteiger partial charge in [0.2, 0.25) is 0 Å². The van der Waals surface area contributed by atoms with Gasteiger partial charge >= 0.3 is 12.0 Å². The number of para-hydroxylation sites is 2. The van der Waals surface area contributed by atoms with Crippen molar-refractivity contribution in [2.75, 3.05) is 26.2 Å². The smallest absolute Gasteiger partial charge is 0.317 e. The van der Waals surface area contributed by atoms with Gasteiger partial charge in [0.05, 0.1) is 12.5 Å². The van der Waals surface area contributed by atoms with Crippen LogP contribution in [0.3, 0.4) is 0 Å². The Hall–Kier alpha value is -2.44. The zero-order valence-corrected chi connectivity index (χ0v) is 12.7. The van der Waals surface area contributed by atoms with Crippen molar-refractivity contribution < 1.29 is 24.2 Å². The molecule has 1 fully saturated rings. The van der Waals surface area contributed by atoms with Crippen LogP contribution in [0.4, 0.5) is 4.79 Å². The number of nitrogens with zero attached hydrogens (tertiary/aromatic N) is 1.